The van der Waals surface area contributed by atoms with Crippen LogP contribution in [0.3, 0.4) is 0 Å². The number of carbonyl (C=O) groups is 1. The number of halogens is 1. The van der Waals surface area contributed by atoms with Crippen LogP contribution in [-0.2, 0) is 12.8 Å². The molecule has 0 radical (unpaired) electrons. The lowest BCUT2D eigenvalue weighted by atomic mass is 9.99. The molecule has 1 amide bonds. The molecule has 0 spiro atoms. The molecule has 0 saturated carbocycles. The molecular weight excluding hydrogens is 531 g/mol. The number of aromatic amines is 1. The number of aromatic nitrogens is 4. The monoisotopic (exact) mass is 560 g/mol. The van der Waals surface area contributed by atoms with E-state index in [2.05, 4.69) is 47.6 Å². The number of thiophene rings is 1. The zero-order valence-corrected chi connectivity index (χ0v) is 22.9. The van der Waals surface area contributed by atoms with Crippen LogP contribution in [0.25, 0.3) is 11.4 Å². The molecule has 3 N–H and O–H groups in total. The number of likely N-dealkylation sites (N-methyl/N-ethyl adjacent to an activating group) is 1. The van der Waals surface area contributed by atoms with Gasteiger partial charge in [-0.3, -0.25) is 9.59 Å². The van der Waals surface area contributed by atoms with E-state index in [4.69, 9.17) is 0 Å². The zero-order chi connectivity index (χ0) is 27.6. The van der Waals surface area contributed by atoms with Gasteiger partial charge in [0.1, 0.15) is 17.2 Å². The van der Waals surface area contributed by atoms with Crippen LogP contribution in [0.1, 0.15) is 33.0 Å². The molecular formula is C28H29FN8O2S. The highest BCUT2D eigenvalue weighted by Gasteiger charge is 2.20. The van der Waals surface area contributed by atoms with E-state index < -0.39 is 17.3 Å². The summed E-state index contributed by atoms with van der Waals surface area (Å²) in [5, 5.41) is 12.2. The van der Waals surface area contributed by atoms with Gasteiger partial charge < -0.3 is 20.4 Å². The van der Waals surface area contributed by atoms with E-state index in [0.29, 0.717) is 22.1 Å². The molecule has 0 aromatic carbocycles. The lowest BCUT2D eigenvalue weighted by Crippen LogP contribution is -2.44. The third-order valence-corrected chi connectivity index (χ3v) is 8.48. The fraction of sp³-hybridized carbons (Fsp3) is 0.321. The summed E-state index contributed by atoms with van der Waals surface area (Å²) >= 11 is 1.45. The van der Waals surface area contributed by atoms with Crippen LogP contribution in [0.15, 0.2) is 47.4 Å². The summed E-state index contributed by atoms with van der Waals surface area (Å²) in [5.41, 5.74) is 2.59. The van der Waals surface area contributed by atoms with Crippen molar-refractivity contribution in [3.8, 4) is 11.4 Å². The van der Waals surface area contributed by atoms with Crippen LogP contribution >= 0.6 is 11.3 Å². The summed E-state index contributed by atoms with van der Waals surface area (Å²) in [6, 6.07) is 9.87. The SMILES string of the molecule is CN1CCN(c2ccc(Nc3cc(-c4ccc(F)c(NC(=O)c5cc6c(s5)CCCC6)n4)n[nH]c3=O)nc2)CC1. The largest absolute Gasteiger partial charge is 0.368 e. The van der Waals surface area contributed by atoms with Crippen LogP contribution in [0, 0.1) is 5.82 Å². The lowest BCUT2D eigenvalue weighted by Gasteiger charge is -2.33. The molecule has 1 aliphatic carbocycles. The Morgan fingerprint density at radius 1 is 1.05 bits per heavy atom. The minimum atomic E-state index is -0.661. The number of nitrogens with one attached hydrogen (secondary N) is 3. The predicted molar refractivity (Wildman–Crippen MR) is 154 cm³/mol. The molecule has 0 atom stereocenters. The highest BCUT2D eigenvalue weighted by molar-refractivity contribution is 7.14. The lowest BCUT2D eigenvalue weighted by molar-refractivity contribution is 0.102. The van der Waals surface area contributed by atoms with Crippen molar-refractivity contribution in [1.29, 1.82) is 0 Å². The molecule has 40 heavy (non-hydrogen) atoms. The van der Waals surface area contributed by atoms with Crippen LogP contribution < -0.4 is 21.1 Å². The van der Waals surface area contributed by atoms with Gasteiger partial charge in [-0.2, -0.15) is 5.10 Å². The topological polar surface area (TPSA) is 119 Å². The molecule has 1 fully saturated rings. The first kappa shape index (κ1) is 26.1. The molecule has 4 aromatic heterocycles. The number of amides is 1. The van der Waals surface area contributed by atoms with Crippen molar-refractivity contribution in [2.24, 2.45) is 0 Å². The van der Waals surface area contributed by atoms with Crippen molar-refractivity contribution in [3.05, 3.63) is 74.1 Å². The van der Waals surface area contributed by atoms with Gasteiger partial charge in [-0.1, -0.05) is 0 Å². The van der Waals surface area contributed by atoms with E-state index in [-0.39, 0.29) is 11.5 Å². The molecule has 0 unspecified atom stereocenters. The third kappa shape index (κ3) is 5.58. The fourth-order valence-electron chi connectivity index (χ4n) is 4.92. The molecule has 1 saturated heterocycles. The smallest absolute Gasteiger partial charge is 0.287 e. The van der Waals surface area contributed by atoms with Crippen molar-refractivity contribution in [2.75, 3.05) is 48.8 Å². The number of carbonyl (C=O) groups excluding carboxylic acids is 1. The maximum Gasteiger partial charge on any atom is 0.287 e. The molecule has 2 aliphatic rings. The summed E-state index contributed by atoms with van der Waals surface area (Å²) in [5.74, 6) is -0.756. The highest BCUT2D eigenvalue weighted by atomic mass is 32.1. The molecule has 4 aromatic rings. The number of aryl methyl sites for hydroxylation is 2. The van der Waals surface area contributed by atoms with Gasteiger partial charge in [0.2, 0.25) is 0 Å². The van der Waals surface area contributed by atoms with Crippen LogP contribution in [-0.4, -0.2) is 64.2 Å². The molecule has 12 heteroatoms. The molecule has 10 nitrogen and oxygen atoms in total. The van der Waals surface area contributed by atoms with Crippen LogP contribution in [0.5, 0.6) is 0 Å². The zero-order valence-electron chi connectivity index (χ0n) is 22.0. The summed E-state index contributed by atoms with van der Waals surface area (Å²) < 4.78 is 14.6. The first-order valence-electron chi connectivity index (χ1n) is 13.3. The number of hydrogen-bond acceptors (Lipinski definition) is 9. The number of piperazine rings is 1. The molecule has 5 heterocycles. The van der Waals surface area contributed by atoms with Gasteiger partial charge in [-0.05, 0) is 74.7 Å². The van der Waals surface area contributed by atoms with Gasteiger partial charge in [0.15, 0.2) is 11.6 Å². The molecule has 6 rings (SSSR count). The highest BCUT2D eigenvalue weighted by Crippen LogP contribution is 2.30. The van der Waals surface area contributed by atoms with E-state index in [1.54, 1.807) is 6.20 Å². The average molecular weight is 561 g/mol. The quantitative estimate of drug-likeness (QED) is 0.323. The van der Waals surface area contributed by atoms with Crippen molar-refractivity contribution in [1.82, 2.24) is 25.1 Å². The first-order valence-corrected chi connectivity index (χ1v) is 14.1. The van der Waals surface area contributed by atoms with Gasteiger partial charge in [-0.25, -0.2) is 19.5 Å². The Hall–Kier alpha value is -4.16. The number of anilines is 4. The molecule has 0 bridgehead atoms. The van der Waals surface area contributed by atoms with Gasteiger partial charge >= 0.3 is 0 Å². The minimum Gasteiger partial charge on any atom is -0.368 e. The molecule has 206 valence electrons. The fourth-order valence-corrected chi connectivity index (χ4v) is 6.07. The Morgan fingerprint density at radius 3 is 2.65 bits per heavy atom. The summed E-state index contributed by atoms with van der Waals surface area (Å²) in [6.07, 6.45) is 5.95. The van der Waals surface area contributed by atoms with E-state index in [0.717, 1.165) is 57.5 Å². The maximum atomic E-state index is 14.6. The summed E-state index contributed by atoms with van der Waals surface area (Å²) in [4.78, 5) is 40.5. The summed E-state index contributed by atoms with van der Waals surface area (Å²) in [6.45, 7) is 3.85. The van der Waals surface area contributed by atoms with Gasteiger partial charge in [0.05, 0.1) is 22.5 Å². The number of pyridine rings is 2. The number of nitrogens with zero attached hydrogens (tertiary/aromatic N) is 5. The Bertz CT molecular complexity index is 1570. The Morgan fingerprint density at radius 2 is 1.88 bits per heavy atom. The minimum absolute atomic E-state index is 0.197. The van der Waals surface area contributed by atoms with Crippen LogP contribution in [0.4, 0.5) is 27.4 Å². The van der Waals surface area contributed by atoms with Crippen molar-refractivity contribution < 1.29 is 9.18 Å². The molecule has 1 aliphatic heterocycles. The maximum absolute atomic E-state index is 14.6. The predicted octanol–water partition coefficient (Wildman–Crippen LogP) is 4.05. The van der Waals surface area contributed by atoms with Crippen molar-refractivity contribution in [2.45, 2.75) is 25.7 Å². The van der Waals surface area contributed by atoms with Gasteiger partial charge in [0.25, 0.3) is 11.5 Å². The van der Waals surface area contributed by atoms with E-state index in [1.807, 2.05) is 18.2 Å². The Labute approximate surface area is 234 Å². The second kappa shape index (κ2) is 11.1. The van der Waals surface area contributed by atoms with E-state index >= 15 is 0 Å². The number of rotatable bonds is 6. The first-order chi connectivity index (χ1) is 19.4. The Balaban J connectivity index is 1.18. The third-order valence-electron chi connectivity index (χ3n) is 7.24. The number of H-pyrrole nitrogens is 1. The van der Waals surface area contributed by atoms with Crippen molar-refractivity contribution in [3.63, 3.8) is 0 Å². The van der Waals surface area contributed by atoms with E-state index in [9.17, 15) is 14.0 Å². The van der Waals surface area contributed by atoms with Gasteiger partial charge in [-0.15, -0.1) is 11.3 Å². The number of hydrogen-bond donors (Lipinski definition) is 3. The normalized spacial score (nSPS) is 15.5. The standard InChI is InChI=1S/C28H29FN8O2S/c1-36-10-12-37(13-11-36)18-6-9-25(30-16-18)31-22-15-21(34-35-27(22)38)20-8-7-19(29)26(32-20)33-28(39)24-14-17-4-2-3-5-23(17)40-24/h6-9,14-16H,2-5,10-13H2,1H3,(H,35,38)(H,30,31,34)(H,32,33,39). The average Bonchev–Trinajstić information content (AvgIpc) is 3.41. The van der Waals surface area contributed by atoms with Gasteiger partial charge in [0, 0.05) is 31.1 Å². The van der Waals surface area contributed by atoms with Crippen LogP contribution in [0.2, 0.25) is 0 Å². The van der Waals surface area contributed by atoms with Crippen molar-refractivity contribution >= 4 is 40.3 Å². The number of fused-ring (bicyclic) bond motifs is 1. The van der Waals surface area contributed by atoms with E-state index in [1.165, 1.54) is 40.0 Å². The second-order valence-corrected chi connectivity index (χ2v) is 11.2. The summed E-state index contributed by atoms with van der Waals surface area (Å²) in [7, 11) is 2.11. The second-order valence-electron chi connectivity index (χ2n) is 10.1. The Kier molecular flexibility index (Phi) is 7.27.